The van der Waals surface area contributed by atoms with Gasteiger partial charge in [0.25, 0.3) is 0 Å². The Labute approximate surface area is 127 Å². The quantitative estimate of drug-likeness (QED) is 0.747. The number of methoxy groups -OCH3 is 1. The van der Waals surface area contributed by atoms with E-state index in [9.17, 15) is 0 Å². The van der Waals surface area contributed by atoms with E-state index in [-0.39, 0.29) is 0 Å². The first-order valence-corrected chi connectivity index (χ1v) is 7.82. The van der Waals surface area contributed by atoms with Crippen LogP contribution in [0.4, 0.5) is 0 Å². The van der Waals surface area contributed by atoms with Gasteiger partial charge in [0, 0.05) is 31.2 Å². The number of nitrogens with one attached hydrogen (secondary N) is 1. The fourth-order valence-electron chi connectivity index (χ4n) is 2.48. The number of ether oxygens (including phenoxy) is 3. The van der Waals surface area contributed by atoms with Gasteiger partial charge < -0.3 is 19.5 Å². The molecule has 1 aliphatic rings. The Kier molecular flexibility index (Phi) is 6.33. The van der Waals surface area contributed by atoms with Crippen molar-refractivity contribution in [1.29, 1.82) is 0 Å². The Bertz CT molecular complexity index is 434. The maximum Gasteiger partial charge on any atom is 0.124 e. The number of rotatable bonds is 8. The first kappa shape index (κ1) is 16.1. The second-order valence-corrected chi connectivity index (χ2v) is 5.87. The van der Waals surface area contributed by atoms with Crippen LogP contribution in [-0.4, -0.2) is 33.5 Å². The predicted octanol–water partition coefficient (Wildman–Crippen LogP) is 3.17. The van der Waals surface area contributed by atoms with Gasteiger partial charge in [0.05, 0.1) is 13.7 Å². The molecule has 4 heteroatoms. The standard InChI is InChI=1S/C17H27NO3/c1-13(2)12-20-9-4-8-18-16-7-10-21-17-6-5-14(19-3)11-15(16)17/h5-6,11,13,16,18H,4,7-10,12H2,1-3H3. The van der Waals surface area contributed by atoms with Crippen LogP contribution in [0.3, 0.4) is 0 Å². The molecule has 1 unspecified atom stereocenters. The van der Waals surface area contributed by atoms with Crippen molar-refractivity contribution < 1.29 is 14.2 Å². The van der Waals surface area contributed by atoms with Crippen LogP contribution in [-0.2, 0) is 4.74 Å². The van der Waals surface area contributed by atoms with Crippen LogP contribution < -0.4 is 14.8 Å². The zero-order valence-corrected chi connectivity index (χ0v) is 13.4. The first-order valence-electron chi connectivity index (χ1n) is 7.82. The minimum atomic E-state index is 0.342. The van der Waals surface area contributed by atoms with Gasteiger partial charge in [-0.25, -0.2) is 0 Å². The van der Waals surface area contributed by atoms with E-state index in [1.54, 1.807) is 7.11 Å². The van der Waals surface area contributed by atoms with Crippen molar-refractivity contribution >= 4 is 0 Å². The lowest BCUT2D eigenvalue weighted by atomic mass is 10.00. The minimum Gasteiger partial charge on any atom is -0.497 e. The number of hydrogen-bond donors (Lipinski definition) is 1. The Hall–Kier alpha value is -1.26. The van der Waals surface area contributed by atoms with Crippen molar-refractivity contribution in [2.24, 2.45) is 5.92 Å². The molecule has 1 aromatic rings. The Morgan fingerprint density at radius 3 is 3.00 bits per heavy atom. The summed E-state index contributed by atoms with van der Waals surface area (Å²) in [6, 6.07) is 6.35. The molecule has 1 N–H and O–H groups in total. The summed E-state index contributed by atoms with van der Waals surface area (Å²) >= 11 is 0. The molecule has 0 saturated carbocycles. The highest BCUT2D eigenvalue weighted by Gasteiger charge is 2.21. The minimum absolute atomic E-state index is 0.342. The van der Waals surface area contributed by atoms with Crippen molar-refractivity contribution in [3.05, 3.63) is 23.8 Å². The van der Waals surface area contributed by atoms with Crippen LogP contribution in [0, 0.1) is 5.92 Å². The molecular formula is C17H27NO3. The number of benzene rings is 1. The summed E-state index contributed by atoms with van der Waals surface area (Å²) < 4.78 is 16.6. The van der Waals surface area contributed by atoms with Crippen LogP contribution >= 0.6 is 0 Å². The van der Waals surface area contributed by atoms with E-state index in [4.69, 9.17) is 14.2 Å². The molecule has 0 amide bonds. The predicted molar refractivity (Wildman–Crippen MR) is 84.1 cm³/mol. The van der Waals surface area contributed by atoms with Crippen LogP contribution in [0.5, 0.6) is 11.5 Å². The van der Waals surface area contributed by atoms with E-state index in [2.05, 4.69) is 25.2 Å². The molecule has 0 spiro atoms. The van der Waals surface area contributed by atoms with Crippen LogP contribution in [0.2, 0.25) is 0 Å². The highest BCUT2D eigenvalue weighted by molar-refractivity contribution is 5.43. The average molecular weight is 293 g/mol. The Morgan fingerprint density at radius 1 is 1.38 bits per heavy atom. The van der Waals surface area contributed by atoms with Gasteiger partial charge in [-0.2, -0.15) is 0 Å². The lowest BCUT2D eigenvalue weighted by molar-refractivity contribution is 0.107. The summed E-state index contributed by atoms with van der Waals surface area (Å²) in [5.74, 6) is 2.45. The maximum absolute atomic E-state index is 5.70. The monoisotopic (exact) mass is 293 g/mol. The van der Waals surface area contributed by atoms with Crippen LogP contribution in [0.1, 0.15) is 38.3 Å². The highest BCUT2D eigenvalue weighted by Crippen LogP contribution is 2.34. The molecule has 1 heterocycles. The molecule has 0 bridgehead atoms. The van der Waals surface area contributed by atoms with E-state index in [0.29, 0.717) is 12.0 Å². The van der Waals surface area contributed by atoms with E-state index in [0.717, 1.165) is 50.7 Å². The normalized spacial score (nSPS) is 17.4. The van der Waals surface area contributed by atoms with E-state index >= 15 is 0 Å². The molecule has 0 aromatic heterocycles. The molecule has 2 rings (SSSR count). The van der Waals surface area contributed by atoms with Gasteiger partial charge in [-0.15, -0.1) is 0 Å². The molecule has 118 valence electrons. The van der Waals surface area contributed by atoms with Gasteiger partial charge in [-0.1, -0.05) is 13.8 Å². The molecule has 0 saturated heterocycles. The lowest BCUT2D eigenvalue weighted by Crippen LogP contribution is -2.28. The van der Waals surface area contributed by atoms with Crippen molar-refractivity contribution in [2.45, 2.75) is 32.7 Å². The zero-order valence-electron chi connectivity index (χ0n) is 13.4. The van der Waals surface area contributed by atoms with Gasteiger partial charge in [0.2, 0.25) is 0 Å². The van der Waals surface area contributed by atoms with Gasteiger partial charge in [0.15, 0.2) is 0 Å². The summed E-state index contributed by atoms with van der Waals surface area (Å²) in [7, 11) is 1.69. The lowest BCUT2D eigenvalue weighted by Gasteiger charge is -2.27. The largest absolute Gasteiger partial charge is 0.497 e. The molecular weight excluding hydrogens is 266 g/mol. The second-order valence-electron chi connectivity index (χ2n) is 5.87. The number of hydrogen-bond acceptors (Lipinski definition) is 4. The topological polar surface area (TPSA) is 39.7 Å². The van der Waals surface area contributed by atoms with E-state index in [1.807, 2.05) is 12.1 Å². The SMILES string of the molecule is COc1ccc2c(c1)C(NCCCOCC(C)C)CCO2. The van der Waals surface area contributed by atoms with E-state index in [1.165, 1.54) is 5.56 Å². The second kappa shape index (κ2) is 8.25. The highest BCUT2D eigenvalue weighted by atomic mass is 16.5. The molecule has 1 aliphatic heterocycles. The van der Waals surface area contributed by atoms with Crippen LogP contribution in [0.15, 0.2) is 18.2 Å². The summed E-state index contributed by atoms with van der Waals surface area (Å²) in [5.41, 5.74) is 1.20. The third-order valence-corrected chi connectivity index (χ3v) is 3.56. The van der Waals surface area contributed by atoms with Gasteiger partial charge in [-0.05, 0) is 37.1 Å². The van der Waals surface area contributed by atoms with E-state index < -0.39 is 0 Å². The molecule has 1 atom stereocenters. The molecule has 21 heavy (non-hydrogen) atoms. The average Bonchev–Trinajstić information content (AvgIpc) is 2.50. The summed E-state index contributed by atoms with van der Waals surface area (Å²) in [5, 5.41) is 3.60. The zero-order chi connectivity index (χ0) is 15.1. The molecule has 0 aliphatic carbocycles. The maximum atomic E-state index is 5.70. The Balaban J connectivity index is 1.80. The smallest absolute Gasteiger partial charge is 0.124 e. The third-order valence-electron chi connectivity index (χ3n) is 3.56. The summed E-state index contributed by atoms with van der Waals surface area (Å²) in [6.07, 6.45) is 2.02. The first-order chi connectivity index (χ1) is 10.2. The third kappa shape index (κ3) is 4.90. The van der Waals surface area contributed by atoms with Gasteiger partial charge >= 0.3 is 0 Å². The van der Waals surface area contributed by atoms with Crippen molar-refractivity contribution in [2.75, 3.05) is 33.5 Å². The van der Waals surface area contributed by atoms with Crippen LogP contribution in [0.25, 0.3) is 0 Å². The Morgan fingerprint density at radius 2 is 2.24 bits per heavy atom. The van der Waals surface area contributed by atoms with Crippen molar-refractivity contribution in [3.8, 4) is 11.5 Å². The summed E-state index contributed by atoms with van der Waals surface area (Å²) in [4.78, 5) is 0. The molecule has 0 fully saturated rings. The molecule has 1 aromatic carbocycles. The fraction of sp³-hybridized carbons (Fsp3) is 0.647. The van der Waals surface area contributed by atoms with Crippen molar-refractivity contribution in [3.63, 3.8) is 0 Å². The number of fused-ring (bicyclic) bond motifs is 1. The van der Waals surface area contributed by atoms with Crippen molar-refractivity contribution in [1.82, 2.24) is 5.32 Å². The summed E-state index contributed by atoms with van der Waals surface area (Å²) in [6.45, 7) is 7.73. The molecule has 0 radical (unpaired) electrons. The van der Waals surface area contributed by atoms with Gasteiger partial charge in [-0.3, -0.25) is 0 Å². The molecule has 4 nitrogen and oxygen atoms in total. The van der Waals surface area contributed by atoms with Gasteiger partial charge in [0.1, 0.15) is 11.5 Å². The fourth-order valence-corrected chi connectivity index (χ4v) is 2.48.